The van der Waals surface area contributed by atoms with Crippen LogP contribution in [0.3, 0.4) is 0 Å². The molecule has 3 heteroatoms. The Kier molecular flexibility index (Phi) is 4.52. The summed E-state index contributed by atoms with van der Waals surface area (Å²) in [4.78, 5) is 0. The highest BCUT2D eigenvalue weighted by atomic mass is 15.3. The van der Waals surface area contributed by atoms with E-state index in [1.54, 1.807) is 0 Å². The molecule has 128 valence electrons. The van der Waals surface area contributed by atoms with Crippen LogP contribution in [0.5, 0.6) is 0 Å². The average molecular weight is 339 g/mol. The van der Waals surface area contributed by atoms with Gasteiger partial charge in [-0.05, 0) is 30.7 Å². The lowest BCUT2D eigenvalue weighted by Gasteiger charge is -2.06. The summed E-state index contributed by atoms with van der Waals surface area (Å²) in [5.41, 5.74) is 8.98. The van der Waals surface area contributed by atoms with E-state index in [-0.39, 0.29) is 0 Å². The minimum atomic E-state index is 0.849. The van der Waals surface area contributed by atoms with Crippen LogP contribution in [-0.2, 0) is 6.54 Å². The second-order valence-corrected chi connectivity index (χ2v) is 6.45. The molecule has 0 radical (unpaired) electrons. The smallest absolute Gasteiger partial charge is 0.0566 e. The van der Waals surface area contributed by atoms with Gasteiger partial charge in [-0.25, -0.2) is 0 Å². The molecule has 1 heterocycles. The summed E-state index contributed by atoms with van der Waals surface area (Å²) in [6.07, 6.45) is 4.06. The summed E-state index contributed by atoms with van der Waals surface area (Å²) < 4.78 is 2.29. The first-order valence-corrected chi connectivity index (χ1v) is 8.77. The molecule has 26 heavy (non-hydrogen) atoms. The van der Waals surface area contributed by atoms with E-state index in [1.807, 2.05) is 36.5 Å². The van der Waals surface area contributed by atoms with Crippen molar-refractivity contribution in [3.8, 4) is 0 Å². The first kappa shape index (κ1) is 16.2. The third kappa shape index (κ3) is 3.52. The average Bonchev–Trinajstić information content (AvgIpc) is 3.01. The van der Waals surface area contributed by atoms with E-state index in [9.17, 15) is 0 Å². The number of hydrazone groups is 1. The van der Waals surface area contributed by atoms with Crippen LogP contribution >= 0.6 is 0 Å². The molecule has 1 aromatic heterocycles. The van der Waals surface area contributed by atoms with Gasteiger partial charge in [0.15, 0.2) is 0 Å². The van der Waals surface area contributed by atoms with Crippen molar-refractivity contribution in [2.75, 3.05) is 5.43 Å². The summed E-state index contributed by atoms with van der Waals surface area (Å²) in [7, 11) is 0. The molecular weight excluding hydrogens is 318 g/mol. The summed E-state index contributed by atoms with van der Waals surface area (Å²) in [5.74, 6) is 0. The van der Waals surface area contributed by atoms with Crippen molar-refractivity contribution in [1.29, 1.82) is 0 Å². The normalized spacial score (nSPS) is 11.3. The van der Waals surface area contributed by atoms with Gasteiger partial charge >= 0.3 is 0 Å². The van der Waals surface area contributed by atoms with Crippen LogP contribution in [0.1, 0.15) is 16.7 Å². The van der Waals surface area contributed by atoms with Gasteiger partial charge in [0.25, 0.3) is 0 Å². The Hall–Kier alpha value is -3.33. The van der Waals surface area contributed by atoms with E-state index in [0.29, 0.717) is 0 Å². The van der Waals surface area contributed by atoms with Crippen molar-refractivity contribution < 1.29 is 0 Å². The Bertz CT molecular complexity index is 1050. The number of hydrogen-bond donors (Lipinski definition) is 1. The molecule has 0 saturated heterocycles. The molecule has 1 N–H and O–H groups in total. The molecule has 3 aromatic carbocycles. The van der Waals surface area contributed by atoms with Gasteiger partial charge in [-0.2, -0.15) is 5.10 Å². The molecule has 0 aliphatic rings. The van der Waals surface area contributed by atoms with E-state index in [4.69, 9.17) is 0 Å². The quantitative estimate of drug-likeness (QED) is 0.380. The monoisotopic (exact) mass is 339 g/mol. The zero-order valence-corrected chi connectivity index (χ0v) is 14.8. The van der Waals surface area contributed by atoms with E-state index >= 15 is 0 Å². The lowest BCUT2D eigenvalue weighted by molar-refractivity contribution is 0.835. The van der Waals surface area contributed by atoms with E-state index in [2.05, 4.69) is 76.7 Å². The van der Waals surface area contributed by atoms with Crippen LogP contribution in [-0.4, -0.2) is 10.8 Å². The summed E-state index contributed by atoms with van der Waals surface area (Å²) in [6, 6.07) is 27.1. The molecule has 0 bridgehead atoms. The minimum Gasteiger partial charge on any atom is -0.342 e. The summed E-state index contributed by atoms with van der Waals surface area (Å²) >= 11 is 0. The number of hydrogen-bond acceptors (Lipinski definition) is 2. The maximum absolute atomic E-state index is 4.41. The molecule has 0 aliphatic heterocycles. The van der Waals surface area contributed by atoms with Crippen LogP contribution in [0.4, 0.5) is 5.69 Å². The maximum atomic E-state index is 4.41. The van der Waals surface area contributed by atoms with Crippen molar-refractivity contribution >= 4 is 22.8 Å². The van der Waals surface area contributed by atoms with Crippen molar-refractivity contribution in [3.05, 3.63) is 102 Å². The van der Waals surface area contributed by atoms with Crippen molar-refractivity contribution in [2.24, 2.45) is 5.10 Å². The molecule has 4 aromatic rings. The van der Waals surface area contributed by atoms with E-state index < -0.39 is 0 Å². The van der Waals surface area contributed by atoms with Crippen molar-refractivity contribution in [1.82, 2.24) is 4.57 Å². The van der Waals surface area contributed by atoms with Crippen LogP contribution in [0.15, 0.2) is 90.2 Å². The predicted octanol–water partition coefficient (Wildman–Crippen LogP) is 5.44. The number of nitrogens with zero attached hydrogens (tertiary/aromatic N) is 2. The SMILES string of the molecule is Cc1cccc(Cn2cc(/C=N\Nc3ccccc3)c3ccccc32)c1. The molecule has 0 aliphatic carbocycles. The van der Waals surface area contributed by atoms with E-state index in [1.165, 1.54) is 22.0 Å². The predicted molar refractivity (Wildman–Crippen MR) is 110 cm³/mol. The highest BCUT2D eigenvalue weighted by Gasteiger charge is 2.07. The molecule has 3 nitrogen and oxygen atoms in total. The Balaban J connectivity index is 1.63. The first-order chi connectivity index (χ1) is 12.8. The van der Waals surface area contributed by atoms with Gasteiger partial charge in [0.1, 0.15) is 0 Å². The number of anilines is 1. The third-order valence-corrected chi connectivity index (χ3v) is 4.43. The lowest BCUT2D eigenvalue weighted by Crippen LogP contribution is -1.98. The minimum absolute atomic E-state index is 0.849. The van der Waals surface area contributed by atoms with E-state index in [0.717, 1.165) is 17.8 Å². The largest absolute Gasteiger partial charge is 0.342 e. The van der Waals surface area contributed by atoms with Crippen molar-refractivity contribution in [2.45, 2.75) is 13.5 Å². The van der Waals surface area contributed by atoms with Crippen LogP contribution in [0.25, 0.3) is 10.9 Å². The van der Waals surface area contributed by atoms with Gasteiger partial charge in [0.2, 0.25) is 0 Å². The Morgan fingerprint density at radius 1 is 0.923 bits per heavy atom. The standard InChI is InChI=1S/C23H21N3/c1-18-8-7-9-19(14-18)16-26-17-20(22-12-5-6-13-23(22)26)15-24-25-21-10-3-2-4-11-21/h2-15,17,25H,16H2,1H3/b24-15-. The number of fused-ring (bicyclic) bond motifs is 1. The zero-order chi connectivity index (χ0) is 17.8. The molecule has 0 spiro atoms. The Morgan fingerprint density at radius 2 is 1.73 bits per heavy atom. The number of rotatable bonds is 5. The molecule has 0 fully saturated rings. The lowest BCUT2D eigenvalue weighted by atomic mass is 10.1. The Morgan fingerprint density at radius 3 is 2.58 bits per heavy atom. The second-order valence-electron chi connectivity index (χ2n) is 6.45. The zero-order valence-electron chi connectivity index (χ0n) is 14.8. The highest BCUT2D eigenvalue weighted by Crippen LogP contribution is 2.21. The second kappa shape index (κ2) is 7.28. The maximum Gasteiger partial charge on any atom is 0.0566 e. The molecule has 4 rings (SSSR count). The number of nitrogens with one attached hydrogen (secondary N) is 1. The first-order valence-electron chi connectivity index (χ1n) is 8.77. The number of para-hydroxylation sites is 2. The molecular formula is C23H21N3. The fourth-order valence-electron chi connectivity index (χ4n) is 3.21. The molecule has 0 unspecified atom stereocenters. The van der Waals surface area contributed by atoms with Gasteiger partial charge in [0.05, 0.1) is 11.9 Å². The van der Waals surface area contributed by atoms with Gasteiger partial charge < -0.3 is 4.57 Å². The van der Waals surface area contributed by atoms with Crippen LogP contribution < -0.4 is 5.43 Å². The third-order valence-electron chi connectivity index (χ3n) is 4.43. The Labute approximate surface area is 153 Å². The summed E-state index contributed by atoms with van der Waals surface area (Å²) in [5, 5.41) is 5.62. The fourth-order valence-corrected chi connectivity index (χ4v) is 3.21. The summed E-state index contributed by atoms with van der Waals surface area (Å²) in [6.45, 7) is 2.98. The number of benzene rings is 3. The van der Waals surface area contributed by atoms with Gasteiger partial charge in [-0.3, -0.25) is 5.43 Å². The topological polar surface area (TPSA) is 29.3 Å². The van der Waals surface area contributed by atoms with Crippen molar-refractivity contribution in [3.63, 3.8) is 0 Å². The molecule has 0 amide bonds. The highest BCUT2D eigenvalue weighted by molar-refractivity contribution is 5.99. The molecule has 0 saturated carbocycles. The number of aromatic nitrogens is 1. The van der Waals surface area contributed by atoms with Gasteiger partial charge in [-0.1, -0.05) is 66.2 Å². The van der Waals surface area contributed by atoms with Crippen LogP contribution in [0.2, 0.25) is 0 Å². The van der Waals surface area contributed by atoms with Gasteiger partial charge in [0, 0.05) is 29.2 Å². The van der Waals surface area contributed by atoms with Crippen LogP contribution in [0, 0.1) is 6.92 Å². The van der Waals surface area contributed by atoms with Gasteiger partial charge in [-0.15, -0.1) is 0 Å². The number of aryl methyl sites for hydroxylation is 1. The molecule has 0 atom stereocenters. The fraction of sp³-hybridized carbons (Fsp3) is 0.0870.